The van der Waals surface area contributed by atoms with Crippen molar-refractivity contribution in [3.8, 4) is 0 Å². The second kappa shape index (κ2) is 5.78. The van der Waals surface area contributed by atoms with Gasteiger partial charge in [-0.3, -0.25) is 0 Å². The second-order valence-corrected chi connectivity index (χ2v) is 3.70. The van der Waals surface area contributed by atoms with E-state index in [4.69, 9.17) is 10.8 Å². The summed E-state index contributed by atoms with van der Waals surface area (Å²) in [7, 11) is 0. The fourth-order valence-electron chi connectivity index (χ4n) is 1.76. The third-order valence-corrected chi connectivity index (χ3v) is 2.51. The summed E-state index contributed by atoms with van der Waals surface area (Å²) in [5.74, 6) is 0.407. The molecule has 1 atom stereocenters. The van der Waals surface area contributed by atoms with Gasteiger partial charge in [-0.2, -0.15) is 0 Å². The van der Waals surface area contributed by atoms with Crippen molar-refractivity contribution < 1.29 is 5.11 Å². The van der Waals surface area contributed by atoms with Crippen LogP contribution in [0.5, 0.6) is 0 Å². The molecule has 0 aliphatic heterocycles. The molecule has 0 saturated heterocycles. The SMILES string of the molecule is Cc1cccc([C@H](CCN)CCO)c1. The summed E-state index contributed by atoms with van der Waals surface area (Å²) in [5, 5.41) is 8.95. The van der Waals surface area contributed by atoms with Crippen molar-refractivity contribution >= 4 is 0 Å². The van der Waals surface area contributed by atoms with Gasteiger partial charge in [-0.05, 0) is 37.8 Å². The van der Waals surface area contributed by atoms with Crippen molar-refractivity contribution in [1.82, 2.24) is 0 Å². The minimum Gasteiger partial charge on any atom is -0.396 e. The van der Waals surface area contributed by atoms with E-state index in [1.807, 2.05) is 0 Å². The van der Waals surface area contributed by atoms with Crippen molar-refractivity contribution in [3.63, 3.8) is 0 Å². The minimum absolute atomic E-state index is 0.235. The van der Waals surface area contributed by atoms with Gasteiger partial charge in [0.1, 0.15) is 0 Å². The zero-order valence-electron chi connectivity index (χ0n) is 8.74. The third kappa shape index (κ3) is 3.13. The zero-order valence-corrected chi connectivity index (χ0v) is 8.74. The molecular weight excluding hydrogens is 174 g/mol. The lowest BCUT2D eigenvalue weighted by atomic mass is 9.92. The van der Waals surface area contributed by atoms with Crippen LogP contribution in [-0.4, -0.2) is 18.3 Å². The van der Waals surface area contributed by atoms with Gasteiger partial charge in [0.05, 0.1) is 0 Å². The Balaban J connectivity index is 2.75. The molecular formula is C12H19NO. The smallest absolute Gasteiger partial charge is 0.0436 e. The summed E-state index contributed by atoms with van der Waals surface area (Å²) in [5.41, 5.74) is 8.12. The average Bonchev–Trinajstić information content (AvgIpc) is 2.17. The standard InChI is InChI=1S/C12H19NO/c1-10-3-2-4-12(9-10)11(5-7-13)6-8-14/h2-4,9,11,14H,5-8,13H2,1H3/t11-/m1/s1. The van der Waals surface area contributed by atoms with E-state index >= 15 is 0 Å². The number of aliphatic hydroxyl groups is 1. The fourth-order valence-corrected chi connectivity index (χ4v) is 1.76. The van der Waals surface area contributed by atoms with Crippen molar-refractivity contribution in [2.24, 2.45) is 5.73 Å². The lowest BCUT2D eigenvalue weighted by Crippen LogP contribution is -2.09. The van der Waals surface area contributed by atoms with Gasteiger partial charge < -0.3 is 10.8 Å². The van der Waals surface area contributed by atoms with Crippen LogP contribution in [0.3, 0.4) is 0 Å². The summed E-state index contributed by atoms with van der Waals surface area (Å²) in [6.45, 7) is 3.00. The topological polar surface area (TPSA) is 46.2 Å². The van der Waals surface area contributed by atoms with Crippen LogP contribution in [0.4, 0.5) is 0 Å². The largest absolute Gasteiger partial charge is 0.396 e. The predicted octanol–water partition coefficient (Wildman–Crippen LogP) is 1.81. The van der Waals surface area contributed by atoms with E-state index in [0.717, 1.165) is 12.8 Å². The molecule has 0 saturated carbocycles. The Morgan fingerprint density at radius 3 is 2.71 bits per heavy atom. The first-order chi connectivity index (χ1) is 6.77. The van der Waals surface area contributed by atoms with Gasteiger partial charge in [0.25, 0.3) is 0 Å². The number of nitrogens with two attached hydrogens (primary N) is 1. The van der Waals surface area contributed by atoms with Crippen molar-refractivity contribution in [1.29, 1.82) is 0 Å². The van der Waals surface area contributed by atoms with Crippen LogP contribution in [-0.2, 0) is 0 Å². The molecule has 0 spiro atoms. The van der Waals surface area contributed by atoms with Crippen LogP contribution in [0.15, 0.2) is 24.3 Å². The highest BCUT2D eigenvalue weighted by Gasteiger charge is 2.09. The van der Waals surface area contributed by atoms with Gasteiger partial charge in [-0.15, -0.1) is 0 Å². The molecule has 0 heterocycles. The molecule has 0 amide bonds. The monoisotopic (exact) mass is 193 g/mol. The van der Waals surface area contributed by atoms with E-state index in [1.165, 1.54) is 11.1 Å². The van der Waals surface area contributed by atoms with Gasteiger partial charge >= 0.3 is 0 Å². The number of aryl methyl sites for hydroxylation is 1. The number of hydrogen-bond acceptors (Lipinski definition) is 2. The quantitative estimate of drug-likeness (QED) is 0.749. The van der Waals surface area contributed by atoms with Gasteiger partial charge in [0, 0.05) is 6.61 Å². The van der Waals surface area contributed by atoms with Crippen molar-refractivity contribution in [2.75, 3.05) is 13.2 Å². The third-order valence-electron chi connectivity index (χ3n) is 2.51. The Hall–Kier alpha value is -0.860. The Kier molecular flexibility index (Phi) is 4.63. The van der Waals surface area contributed by atoms with Gasteiger partial charge in [-0.1, -0.05) is 29.8 Å². The van der Waals surface area contributed by atoms with Crippen molar-refractivity contribution in [2.45, 2.75) is 25.7 Å². The van der Waals surface area contributed by atoms with Crippen LogP contribution in [0, 0.1) is 6.92 Å². The Bertz CT molecular complexity index is 267. The summed E-state index contributed by atoms with van der Waals surface area (Å²) in [4.78, 5) is 0. The van der Waals surface area contributed by atoms with E-state index in [0.29, 0.717) is 12.5 Å². The molecule has 0 aromatic heterocycles. The molecule has 0 radical (unpaired) electrons. The maximum atomic E-state index is 8.95. The maximum Gasteiger partial charge on any atom is 0.0436 e. The number of rotatable bonds is 5. The summed E-state index contributed by atoms with van der Waals surface area (Å²) in [6, 6.07) is 8.44. The van der Waals surface area contributed by atoms with Gasteiger partial charge in [0.2, 0.25) is 0 Å². The average molecular weight is 193 g/mol. The highest BCUT2D eigenvalue weighted by Crippen LogP contribution is 2.23. The highest BCUT2D eigenvalue weighted by molar-refractivity contribution is 5.25. The van der Waals surface area contributed by atoms with Gasteiger partial charge in [-0.25, -0.2) is 0 Å². The molecule has 78 valence electrons. The molecule has 0 bridgehead atoms. The first kappa shape index (κ1) is 11.2. The van der Waals surface area contributed by atoms with Crippen LogP contribution in [0.25, 0.3) is 0 Å². The Labute approximate surface area is 85.8 Å². The molecule has 0 aliphatic carbocycles. The van der Waals surface area contributed by atoms with E-state index in [1.54, 1.807) is 0 Å². The van der Waals surface area contributed by atoms with E-state index in [2.05, 4.69) is 31.2 Å². The summed E-state index contributed by atoms with van der Waals surface area (Å²) < 4.78 is 0. The van der Waals surface area contributed by atoms with Crippen molar-refractivity contribution in [3.05, 3.63) is 35.4 Å². The predicted molar refractivity (Wildman–Crippen MR) is 59.3 cm³/mol. The van der Waals surface area contributed by atoms with Crippen LogP contribution < -0.4 is 5.73 Å². The summed E-state index contributed by atoms with van der Waals surface area (Å²) >= 11 is 0. The number of aliphatic hydroxyl groups excluding tert-OH is 1. The number of benzene rings is 1. The molecule has 0 fully saturated rings. The molecule has 2 heteroatoms. The fraction of sp³-hybridized carbons (Fsp3) is 0.500. The van der Waals surface area contributed by atoms with E-state index in [-0.39, 0.29) is 6.61 Å². The lowest BCUT2D eigenvalue weighted by molar-refractivity contribution is 0.273. The normalized spacial score (nSPS) is 12.8. The van der Waals surface area contributed by atoms with Crippen LogP contribution >= 0.6 is 0 Å². The first-order valence-electron chi connectivity index (χ1n) is 5.15. The molecule has 1 rings (SSSR count). The Morgan fingerprint density at radius 2 is 2.14 bits per heavy atom. The van der Waals surface area contributed by atoms with Crippen LogP contribution in [0.1, 0.15) is 29.9 Å². The van der Waals surface area contributed by atoms with E-state index in [9.17, 15) is 0 Å². The van der Waals surface area contributed by atoms with Crippen LogP contribution in [0.2, 0.25) is 0 Å². The molecule has 3 N–H and O–H groups in total. The molecule has 14 heavy (non-hydrogen) atoms. The van der Waals surface area contributed by atoms with Gasteiger partial charge in [0.15, 0.2) is 0 Å². The first-order valence-corrected chi connectivity index (χ1v) is 5.15. The van der Waals surface area contributed by atoms with E-state index < -0.39 is 0 Å². The lowest BCUT2D eigenvalue weighted by Gasteiger charge is -2.15. The minimum atomic E-state index is 0.235. The second-order valence-electron chi connectivity index (χ2n) is 3.70. The Morgan fingerprint density at radius 1 is 1.36 bits per heavy atom. The molecule has 0 unspecified atom stereocenters. The molecule has 1 aromatic carbocycles. The zero-order chi connectivity index (χ0) is 10.4. The number of hydrogen-bond donors (Lipinski definition) is 2. The highest BCUT2D eigenvalue weighted by atomic mass is 16.3. The molecule has 2 nitrogen and oxygen atoms in total. The maximum absolute atomic E-state index is 8.95. The summed E-state index contributed by atoms with van der Waals surface area (Å²) in [6.07, 6.45) is 1.75. The molecule has 0 aliphatic rings. The molecule has 1 aromatic rings.